The summed E-state index contributed by atoms with van der Waals surface area (Å²) in [6.07, 6.45) is 4.11. The normalized spacial score (nSPS) is 17.3. The Hall–Kier alpha value is -2.57. The number of anilines is 1. The second-order valence-electron chi connectivity index (χ2n) is 5.88. The van der Waals surface area contributed by atoms with Gasteiger partial charge in [-0.3, -0.25) is 4.79 Å². The number of rotatable bonds is 4. The number of aromatic amines is 1. The first kappa shape index (κ1) is 15.3. The van der Waals surface area contributed by atoms with Gasteiger partial charge < -0.3 is 19.5 Å². The number of nitrogens with one attached hydrogen (secondary N) is 1. The van der Waals surface area contributed by atoms with Crippen LogP contribution >= 0.6 is 0 Å². The fourth-order valence-electron chi connectivity index (χ4n) is 2.70. The van der Waals surface area contributed by atoms with Crippen molar-refractivity contribution in [2.75, 3.05) is 32.1 Å². The summed E-state index contributed by atoms with van der Waals surface area (Å²) in [4.78, 5) is 27.5. The molecule has 1 amide bonds. The maximum absolute atomic E-state index is 12.4. The summed E-state index contributed by atoms with van der Waals surface area (Å²) < 4.78 is 6.07. The Labute approximate surface area is 135 Å². The van der Waals surface area contributed by atoms with E-state index in [1.807, 2.05) is 38.1 Å². The van der Waals surface area contributed by atoms with E-state index in [1.54, 1.807) is 17.3 Å². The van der Waals surface area contributed by atoms with Gasteiger partial charge >= 0.3 is 0 Å². The molecule has 2 aromatic heterocycles. The maximum atomic E-state index is 12.4. The molecule has 1 atom stereocenters. The Morgan fingerprint density at radius 3 is 2.96 bits per heavy atom. The molecule has 1 aliphatic heterocycles. The Morgan fingerprint density at radius 2 is 2.26 bits per heavy atom. The zero-order valence-electron chi connectivity index (χ0n) is 13.6. The number of nitrogens with zero attached hydrogens (tertiary/aromatic N) is 4. The molecule has 0 bridgehead atoms. The van der Waals surface area contributed by atoms with Crippen LogP contribution in [-0.2, 0) is 0 Å². The van der Waals surface area contributed by atoms with Crippen molar-refractivity contribution < 1.29 is 9.53 Å². The minimum atomic E-state index is -0.0317. The molecule has 0 radical (unpaired) electrons. The summed E-state index contributed by atoms with van der Waals surface area (Å²) in [6, 6.07) is 3.76. The van der Waals surface area contributed by atoms with Crippen molar-refractivity contribution in [3.63, 3.8) is 0 Å². The van der Waals surface area contributed by atoms with Crippen molar-refractivity contribution >= 4 is 11.7 Å². The van der Waals surface area contributed by atoms with Gasteiger partial charge in [0.1, 0.15) is 17.6 Å². The lowest BCUT2D eigenvalue weighted by Crippen LogP contribution is -2.31. The molecule has 23 heavy (non-hydrogen) atoms. The summed E-state index contributed by atoms with van der Waals surface area (Å²) >= 11 is 0. The SMILES string of the molecule is Cc1ncc(C(=O)N2CC[C@@H](Oc3cccnc3N(C)C)C2)[nH]1. The smallest absolute Gasteiger partial charge is 0.272 e. The highest BCUT2D eigenvalue weighted by Crippen LogP contribution is 2.27. The fourth-order valence-corrected chi connectivity index (χ4v) is 2.70. The van der Waals surface area contributed by atoms with Crippen LogP contribution in [0.4, 0.5) is 5.82 Å². The molecule has 1 aliphatic rings. The summed E-state index contributed by atoms with van der Waals surface area (Å²) in [5.41, 5.74) is 0.526. The van der Waals surface area contributed by atoms with Crippen LogP contribution in [0.3, 0.4) is 0 Å². The van der Waals surface area contributed by atoms with E-state index in [1.165, 1.54) is 0 Å². The molecular weight excluding hydrogens is 294 g/mol. The number of H-pyrrole nitrogens is 1. The first-order chi connectivity index (χ1) is 11.0. The Kier molecular flexibility index (Phi) is 4.18. The molecule has 0 aliphatic carbocycles. The average Bonchev–Trinajstić information content (AvgIpc) is 3.16. The van der Waals surface area contributed by atoms with Crippen LogP contribution in [0.2, 0.25) is 0 Å². The number of carbonyl (C=O) groups is 1. The van der Waals surface area contributed by atoms with Crippen molar-refractivity contribution in [1.82, 2.24) is 19.9 Å². The number of ether oxygens (including phenoxy) is 1. The molecule has 1 fully saturated rings. The van der Waals surface area contributed by atoms with E-state index in [0.717, 1.165) is 23.8 Å². The number of pyridine rings is 1. The molecule has 1 N–H and O–H groups in total. The number of aromatic nitrogens is 3. The number of amides is 1. The zero-order chi connectivity index (χ0) is 16.4. The van der Waals surface area contributed by atoms with Crippen molar-refractivity contribution in [2.45, 2.75) is 19.4 Å². The molecule has 7 nitrogen and oxygen atoms in total. The van der Waals surface area contributed by atoms with Gasteiger partial charge in [0.25, 0.3) is 5.91 Å². The monoisotopic (exact) mass is 315 g/mol. The fraction of sp³-hybridized carbons (Fsp3) is 0.438. The van der Waals surface area contributed by atoms with Crippen LogP contribution in [0.25, 0.3) is 0 Å². The highest BCUT2D eigenvalue weighted by atomic mass is 16.5. The van der Waals surface area contributed by atoms with E-state index in [0.29, 0.717) is 18.8 Å². The number of aryl methyl sites for hydroxylation is 1. The Morgan fingerprint density at radius 1 is 1.43 bits per heavy atom. The van der Waals surface area contributed by atoms with Crippen LogP contribution in [0.1, 0.15) is 22.7 Å². The highest BCUT2D eigenvalue weighted by molar-refractivity contribution is 5.92. The summed E-state index contributed by atoms with van der Waals surface area (Å²) in [5.74, 6) is 2.25. The van der Waals surface area contributed by atoms with E-state index in [9.17, 15) is 4.79 Å². The molecule has 122 valence electrons. The Bertz CT molecular complexity index is 697. The second-order valence-corrected chi connectivity index (χ2v) is 5.88. The van der Waals surface area contributed by atoms with Gasteiger partial charge in [-0.15, -0.1) is 0 Å². The third kappa shape index (κ3) is 3.28. The minimum absolute atomic E-state index is 0.0223. The average molecular weight is 315 g/mol. The van der Waals surface area contributed by atoms with Gasteiger partial charge in [0.05, 0.1) is 12.7 Å². The second kappa shape index (κ2) is 6.28. The highest BCUT2D eigenvalue weighted by Gasteiger charge is 2.29. The third-order valence-corrected chi connectivity index (χ3v) is 3.83. The van der Waals surface area contributed by atoms with Crippen molar-refractivity contribution in [1.29, 1.82) is 0 Å². The van der Waals surface area contributed by atoms with Gasteiger partial charge in [0, 0.05) is 33.3 Å². The van der Waals surface area contributed by atoms with Crippen molar-refractivity contribution in [3.8, 4) is 5.75 Å². The van der Waals surface area contributed by atoms with Gasteiger partial charge in [-0.05, 0) is 19.1 Å². The number of hydrogen-bond donors (Lipinski definition) is 1. The first-order valence-corrected chi connectivity index (χ1v) is 7.64. The van der Waals surface area contributed by atoms with Crippen LogP contribution in [0.15, 0.2) is 24.5 Å². The standard InChI is InChI=1S/C16H21N5O2/c1-11-18-9-13(19-11)16(22)21-8-6-12(10-21)23-14-5-4-7-17-15(14)20(2)3/h4-5,7,9,12H,6,8,10H2,1-3H3,(H,18,19)/t12-/m1/s1. The molecule has 0 saturated carbocycles. The van der Waals surface area contributed by atoms with E-state index < -0.39 is 0 Å². The lowest BCUT2D eigenvalue weighted by Gasteiger charge is -2.20. The minimum Gasteiger partial charge on any atom is -0.485 e. The zero-order valence-corrected chi connectivity index (χ0v) is 13.6. The van der Waals surface area contributed by atoms with Crippen LogP contribution in [0.5, 0.6) is 5.75 Å². The lowest BCUT2D eigenvalue weighted by molar-refractivity contribution is 0.0767. The molecule has 0 spiro atoms. The quantitative estimate of drug-likeness (QED) is 0.925. The number of imidazole rings is 1. The largest absolute Gasteiger partial charge is 0.485 e. The van der Waals surface area contributed by atoms with Crippen LogP contribution < -0.4 is 9.64 Å². The number of hydrogen-bond acceptors (Lipinski definition) is 5. The third-order valence-electron chi connectivity index (χ3n) is 3.83. The van der Waals surface area contributed by atoms with Gasteiger partial charge in [0.2, 0.25) is 0 Å². The molecule has 3 rings (SSSR count). The maximum Gasteiger partial charge on any atom is 0.272 e. The molecule has 0 unspecified atom stereocenters. The first-order valence-electron chi connectivity index (χ1n) is 7.64. The van der Waals surface area contributed by atoms with Crippen molar-refractivity contribution in [2.24, 2.45) is 0 Å². The van der Waals surface area contributed by atoms with Gasteiger partial charge in [-0.25, -0.2) is 9.97 Å². The van der Waals surface area contributed by atoms with E-state index >= 15 is 0 Å². The summed E-state index contributed by atoms with van der Waals surface area (Å²) in [6.45, 7) is 3.08. The van der Waals surface area contributed by atoms with Crippen LogP contribution in [0, 0.1) is 6.92 Å². The summed E-state index contributed by atoms with van der Waals surface area (Å²) in [5, 5.41) is 0. The van der Waals surface area contributed by atoms with Gasteiger partial charge in [-0.2, -0.15) is 0 Å². The van der Waals surface area contributed by atoms with E-state index in [2.05, 4.69) is 15.0 Å². The van der Waals surface area contributed by atoms with E-state index in [4.69, 9.17) is 4.74 Å². The van der Waals surface area contributed by atoms with Gasteiger partial charge in [0.15, 0.2) is 11.6 Å². The number of likely N-dealkylation sites (tertiary alicyclic amines) is 1. The number of carbonyl (C=O) groups excluding carboxylic acids is 1. The molecular formula is C16H21N5O2. The molecule has 7 heteroatoms. The lowest BCUT2D eigenvalue weighted by atomic mass is 10.3. The summed E-state index contributed by atoms with van der Waals surface area (Å²) in [7, 11) is 3.86. The van der Waals surface area contributed by atoms with Gasteiger partial charge in [-0.1, -0.05) is 0 Å². The predicted molar refractivity (Wildman–Crippen MR) is 86.8 cm³/mol. The molecule has 2 aromatic rings. The van der Waals surface area contributed by atoms with Crippen LogP contribution in [-0.4, -0.2) is 59.0 Å². The molecule has 1 saturated heterocycles. The molecule has 0 aromatic carbocycles. The Balaban J connectivity index is 1.65. The van der Waals surface area contributed by atoms with Crippen molar-refractivity contribution in [3.05, 3.63) is 36.0 Å². The topological polar surface area (TPSA) is 74.4 Å². The molecule has 3 heterocycles. The predicted octanol–water partition coefficient (Wildman–Crippen LogP) is 1.47. The van der Waals surface area contributed by atoms with E-state index in [-0.39, 0.29) is 12.0 Å².